The van der Waals surface area contributed by atoms with Crippen LogP contribution in [0.3, 0.4) is 0 Å². The normalized spacial score (nSPS) is 15.3. The van der Waals surface area contributed by atoms with Crippen molar-refractivity contribution in [3.8, 4) is 11.1 Å². The predicted molar refractivity (Wildman–Crippen MR) is 132 cm³/mol. The van der Waals surface area contributed by atoms with Crippen molar-refractivity contribution in [2.75, 3.05) is 0 Å². The second-order valence-electron chi connectivity index (χ2n) is 8.99. The van der Waals surface area contributed by atoms with Gasteiger partial charge in [0.2, 0.25) is 0 Å². The summed E-state index contributed by atoms with van der Waals surface area (Å²) in [7, 11) is -3.89. The topological polar surface area (TPSA) is 56.9 Å². The van der Waals surface area contributed by atoms with E-state index in [0.717, 1.165) is 34.9 Å². The van der Waals surface area contributed by atoms with Gasteiger partial charge in [-0.05, 0) is 54.8 Å². The number of nitrogens with zero attached hydrogens (tertiary/aromatic N) is 3. The average molecular weight is 474 g/mol. The monoisotopic (exact) mass is 473 g/mol. The first-order valence-electron chi connectivity index (χ1n) is 11.6. The summed E-state index contributed by atoms with van der Waals surface area (Å²) in [5.41, 5.74) is 2.76. The van der Waals surface area contributed by atoms with Crippen molar-refractivity contribution in [1.82, 2.24) is 13.8 Å². The standard InChI is InChI=1S/C27H24FN3O2S/c28-21-13-14-24-25(18-31(27(24)16-21)34(32,33)23-9-5-2-6-10-23)19-11-12-20-17-30(29-26(20)15-19)22-7-3-1-4-8-22/h2,5-6,9-18,22H,1,3-4,7-8H2. The Labute approximate surface area is 197 Å². The predicted octanol–water partition coefficient (Wildman–Crippen LogP) is 6.54. The van der Waals surface area contributed by atoms with E-state index in [9.17, 15) is 12.8 Å². The van der Waals surface area contributed by atoms with E-state index >= 15 is 0 Å². The zero-order valence-electron chi connectivity index (χ0n) is 18.6. The second kappa shape index (κ2) is 8.09. The zero-order chi connectivity index (χ0) is 23.3. The third kappa shape index (κ3) is 3.51. The highest BCUT2D eigenvalue weighted by Gasteiger charge is 2.23. The Balaban J connectivity index is 1.50. The van der Waals surface area contributed by atoms with E-state index < -0.39 is 15.8 Å². The van der Waals surface area contributed by atoms with Crippen LogP contribution >= 0.6 is 0 Å². The van der Waals surface area contributed by atoms with Gasteiger partial charge in [-0.25, -0.2) is 16.8 Å². The number of fused-ring (bicyclic) bond motifs is 2. The van der Waals surface area contributed by atoms with Crippen LogP contribution in [-0.4, -0.2) is 22.2 Å². The van der Waals surface area contributed by atoms with Gasteiger partial charge >= 0.3 is 0 Å². The summed E-state index contributed by atoms with van der Waals surface area (Å²) in [4.78, 5) is 0.157. The number of aromatic nitrogens is 3. The highest BCUT2D eigenvalue weighted by atomic mass is 32.2. The van der Waals surface area contributed by atoms with Crippen LogP contribution < -0.4 is 0 Å². The molecule has 172 valence electrons. The summed E-state index contributed by atoms with van der Waals surface area (Å²) < 4.78 is 44.3. The van der Waals surface area contributed by atoms with Crippen LogP contribution in [0.2, 0.25) is 0 Å². The third-order valence-corrected chi connectivity index (χ3v) is 8.51. The molecule has 0 amide bonds. The number of hydrogen-bond acceptors (Lipinski definition) is 3. The van der Waals surface area contributed by atoms with Crippen LogP contribution in [0.15, 0.2) is 84.0 Å². The quantitative estimate of drug-likeness (QED) is 0.298. The molecule has 0 spiro atoms. The molecule has 5 nitrogen and oxygen atoms in total. The van der Waals surface area contributed by atoms with Gasteiger partial charge in [0, 0.05) is 28.7 Å². The van der Waals surface area contributed by atoms with Gasteiger partial charge in [-0.2, -0.15) is 5.10 Å². The first-order chi connectivity index (χ1) is 16.5. The molecular formula is C27H24FN3O2S. The molecule has 0 bridgehead atoms. The molecule has 0 radical (unpaired) electrons. The number of benzene rings is 3. The summed E-state index contributed by atoms with van der Waals surface area (Å²) in [6, 6.07) is 18.9. The molecule has 1 aliphatic rings. The number of rotatable bonds is 4. The number of hydrogen-bond donors (Lipinski definition) is 0. The van der Waals surface area contributed by atoms with Crippen molar-refractivity contribution < 1.29 is 12.8 Å². The third-order valence-electron chi connectivity index (χ3n) is 6.82. The maximum absolute atomic E-state index is 14.2. The molecule has 34 heavy (non-hydrogen) atoms. The van der Waals surface area contributed by atoms with E-state index in [1.807, 2.05) is 18.2 Å². The Morgan fingerprint density at radius 1 is 0.882 bits per heavy atom. The first-order valence-corrected chi connectivity index (χ1v) is 13.1. The molecule has 2 aromatic heterocycles. The largest absolute Gasteiger partial charge is 0.268 e. The minimum Gasteiger partial charge on any atom is -0.268 e. The van der Waals surface area contributed by atoms with Crippen LogP contribution in [0, 0.1) is 5.82 Å². The lowest BCUT2D eigenvalue weighted by molar-refractivity contribution is 0.331. The Kier molecular flexibility index (Phi) is 5.03. The Morgan fingerprint density at radius 2 is 1.68 bits per heavy atom. The minimum absolute atomic E-state index is 0.157. The molecule has 6 rings (SSSR count). The first kappa shape index (κ1) is 21.1. The molecular weight excluding hydrogens is 449 g/mol. The fraction of sp³-hybridized carbons (Fsp3) is 0.222. The van der Waals surface area contributed by atoms with Crippen LogP contribution in [-0.2, 0) is 10.0 Å². The fourth-order valence-electron chi connectivity index (χ4n) is 5.04. The van der Waals surface area contributed by atoms with E-state index in [0.29, 0.717) is 16.9 Å². The van der Waals surface area contributed by atoms with Gasteiger partial charge in [0.05, 0.1) is 22.0 Å². The lowest BCUT2D eigenvalue weighted by Crippen LogP contribution is -2.12. The summed E-state index contributed by atoms with van der Waals surface area (Å²) in [6.45, 7) is 0. The van der Waals surface area contributed by atoms with Crippen molar-refractivity contribution in [1.29, 1.82) is 0 Å². The van der Waals surface area contributed by atoms with Gasteiger partial charge in [-0.3, -0.25) is 4.68 Å². The van der Waals surface area contributed by atoms with Crippen molar-refractivity contribution in [2.24, 2.45) is 0 Å². The van der Waals surface area contributed by atoms with E-state index in [2.05, 4.69) is 10.9 Å². The molecule has 1 aliphatic carbocycles. The molecule has 0 saturated heterocycles. The smallest absolute Gasteiger partial charge is 0.268 e. The average Bonchev–Trinajstić information content (AvgIpc) is 3.46. The zero-order valence-corrected chi connectivity index (χ0v) is 19.4. The van der Waals surface area contributed by atoms with Crippen molar-refractivity contribution in [3.63, 3.8) is 0 Å². The minimum atomic E-state index is -3.89. The van der Waals surface area contributed by atoms with E-state index in [1.165, 1.54) is 35.4 Å². The van der Waals surface area contributed by atoms with Gasteiger partial charge in [-0.1, -0.05) is 49.6 Å². The second-order valence-corrected chi connectivity index (χ2v) is 10.8. The molecule has 1 saturated carbocycles. The van der Waals surface area contributed by atoms with Crippen molar-refractivity contribution >= 4 is 31.8 Å². The number of halogens is 1. The summed E-state index contributed by atoms with van der Waals surface area (Å²) in [5.74, 6) is -0.483. The van der Waals surface area contributed by atoms with E-state index in [-0.39, 0.29) is 4.90 Å². The molecule has 0 unspecified atom stereocenters. The molecule has 2 heterocycles. The van der Waals surface area contributed by atoms with Crippen LogP contribution in [0.5, 0.6) is 0 Å². The van der Waals surface area contributed by atoms with Gasteiger partial charge in [0.15, 0.2) is 0 Å². The van der Waals surface area contributed by atoms with Crippen LogP contribution in [0.25, 0.3) is 32.9 Å². The molecule has 0 aliphatic heterocycles. The SMILES string of the molecule is O=S(=O)(c1ccccc1)n1cc(-c2ccc3cn(C4CCCCC4)nc3c2)c2ccc(F)cc21. The molecule has 0 N–H and O–H groups in total. The molecule has 3 aromatic carbocycles. The molecule has 5 aromatic rings. The maximum atomic E-state index is 14.2. The summed E-state index contributed by atoms with van der Waals surface area (Å²) >= 11 is 0. The Bertz CT molecular complexity index is 1610. The Morgan fingerprint density at radius 3 is 2.47 bits per heavy atom. The summed E-state index contributed by atoms with van der Waals surface area (Å²) in [5, 5.41) is 6.58. The van der Waals surface area contributed by atoms with Gasteiger partial charge in [-0.15, -0.1) is 0 Å². The lowest BCUT2D eigenvalue weighted by atomic mass is 9.96. The highest BCUT2D eigenvalue weighted by Crippen LogP contribution is 2.35. The van der Waals surface area contributed by atoms with Crippen molar-refractivity contribution in [2.45, 2.75) is 43.0 Å². The van der Waals surface area contributed by atoms with Gasteiger partial charge in [0.25, 0.3) is 10.0 Å². The fourth-order valence-corrected chi connectivity index (χ4v) is 6.42. The molecule has 1 fully saturated rings. The van der Waals surface area contributed by atoms with Crippen LogP contribution in [0.4, 0.5) is 4.39 Å². The van der Waals surface area contributed by atoms with Crippen molar-refractivity contribution in [3.05, 3.63) is 84.9 Å². The molecule has 0 atom stereocenters. The maximum Gasteiger partial charge on any atom is 0.268 e. The van der Waals surface area contributed by atoms with Gasteiger partial charge < -0.3 is 0 Å². The highest BCUT2D eigenvalue weighted by molar-refractivity contribution is 7.90. The summed E-state index contributed by atoms with van der Waals surface area (Å²) in [6.07, 6.45) is 9.75. The van der Waals surface area contributed by atoms with E-state index in [4.69, 9.17) is 5.10 Å². The van der Waals surface area contributed by atoms with E-state index in [1.54, 1.807) is 42.6 Å². The van der Waals surface area contributed by atoms with Gasteiger partial charge in [0.1, 0.15) is 5.82 Å². The lowest BCUT2D eigenvalue weighted by Gasteiger charge is -2.21. The van der Waals surface area contributed by atoms with Crippen LogP contribution in [0.1, 0.15) is 38.1 Å². The molecule has 7 heteroatoms. The Hall–Kier alpha value is -3.45.